The Labute approximate surface area is 143 Å². The number of para-hydroxylation sites is 1. The van der Waals surface area contributed by atoms with Crippen LogP contribution in [0.3, 0.4) is 0 Å². The minimum atomic E-state index is -0.579. The fraction of sp³-hybridized carbons (Fsp3) is 0.579. The third kappa shape index (κ3) is 2.93. The molecule has 1 aromatic carbocycles. The van der Waals surface area contributed by atoms with Gasteiger partial charge in [0.05, 0.1) is 12.6 Å². The molecule has 0 unspecified atom stereocenters. The quantitative estimate of drug-likeness (QED) is 0.886. The second-order valence-electron chi connectivity index (χ2n) is 7.47. The lowest BCUT2D eigenvalue weighted by atomic mass is 9.81. The zero-order valence-electron chi connectivity index (χ0n) is 14.5. The molecule has 1 fully saturated rings. The van der Waals surface area contributed by atoms with E-state index in [4.69, 9.17) is 5.73 Å². The Morgan fingerprint density at radius 3 is 2.58 bits per heavy atom. The van der Waals surface area contributed by atoms with Gasteiger partial charge in [0.15, 0.2) is 0 Å². The van der Waals surface area contributed by atoms with Crippen molar-refractivity contribution in [3.63, 3.8) is 0 Å². The number of nitrogens with two attached hydrogens (primary N) is 1. The van der Waals surface area contributed by atoms with E-state index in [2.05, 4.69) is 17.4 Å². The highest BCUT2D eigenvalue weighted by Crippen LogP contribution is 2.50. The van der Waals surface area contributed by atoms with E-state index in [1.807, 2.05) is 30.9 Å². The molecule has 2 amide bonds. The highest BCUT2D eigenvalue weighted by molar-refractivity contribution is 5.99. The summed E-state index contributed by atoms with van der Waals surface area (Å²) >= 11 is 0. The molecule has 1 saturated carbocycles. The number of hydrogen-bond donors (Lipinski definition) is 2. The normalized spacial score (nSPS) is 19.6. The van der Waals surface area contributed by atoms with Gasteiger partial charge in [-0.1, -0.05) is 44.9 Å². The summed E-state index contributed by atoms with van der Waals surface area (Å²) in [6.45, 7) is 4.53. The third-order valence-corrected chi connectivity index (χ3v) is 5.52. The predicted octanol–water partition coefficient (Wildman–Crippen LogP) is 1.94. The van der Waals surface area contributed by atoms with Crippen molar-refractivity contribution in [2.24, 2.45) is 11.7 Å². The minimum absolute atomic E-state index is 0.00364. The molecule has 3 N–H and O–H groups in total. The van der Waals surface area contributed by atoms with Crippen molar-refractivity contribution in [1.29, 1.82) is 0 Å². The summed E-state index contributed by atoms with van der Waals surface area (Å²) in [5.74, 6) is -0.272. The van der Waals surface area contributed by atoms with Crippen LogP contribution in [0.4, 0.5) is 5.69 Å². The molecule has 1 aromatic rings. The fourth-order valence-electron chi connectivity index (χ4n) is 4.01. The Kier molecular flexibility index (Phi) is 4.63. The number of benzene rings is 1. The molecule has 5 heteroatoms. The number of fused-ring (bicyclic) bond motifs is 2. The highest BCUT2D eigenvalue weighted by atomic mass is 16.2. The van der Waals surface area contributed by atoms with E-state index in [9.17, 15) is 9.59 Å². The van der Waals surface area contributed by atoms with Gasteiger partial charge in [-0.15, -0.1) is 0 Å². The molecule has 0 saturated heterocycles. The van der Waals surface area contributed by atoms with Crippen LogP contribution in [0.2, 0.25) is 0 Å². The molecule has 24 heavy (non-hydrogen) atoms. The van der Waals surface area contributed by atoms with Gasteiger partial charge in [0.1, 0.15) is 0 Å². The first-order valence-electron chi connectivity index (χ1n) is 8.88. The molecule has 3 rings (SSSR count). The lowest BCUT2D eigenvalue weighted by Gasteiger charge is -2.25. The van der Waals surface area contributed by atoms with Crippen LogP contribution in [-0.2, 0) is 15.0 Å². The summed E-state index contributed by atoms with van der Waals surface area (Å²) in [5.41, 5.74) is 8.25. The van der Waals surface area contributed by atoms with Gasteiger partial charge < -0.3 is 16.0 Å². The number of nitrogens with zero attached hydrogens (tertiary/aromatic N) is 1. The van der Waals surface area contributed by atoms with E-state index in [0.29, 0.717) is 0 Å². The first-order chi connectivity index (χ1) is 11.4. The minimum Gasteiger partial charge on any atom is -0.346 e. The number of carbonyl (C=O) groups is 2. The van der Waals surface area contributed by atoms with Crippen molar-refractivity contribution in [3.05, 3.63) is 29.8 Å². The van der Waals surface area contributed by atoms with Crippen molar-refractivity contribution in [3.8, 4) is 0 Å². The van der Waals surface area contributed by atoms with Gasteiger partial charge in [-0.3, -0.25) is 9.59 Å². The van der Waals surface area contributed by atoms with E-state index >= 15 is 0 Å². The van der Waals surface area contributed by atoms with Gasteiger partial charge in [0, 0.05) is 17.6 Å². The molecule has 5 nitrogen and oxygen atoms in total. The van der Waals surface area contributed by atoms with E-state index < -0.39 is 6.04 Å². The van der Waals surface area contributed by atoms with Gasteiger partial charge in [0.25, 0.3) is 0 Å². The van der Waals surface area contributed by atoms with E-state index in [1.165, 1.54) is 18.4 Å². The number of nitrogens with one attached hydrogen (secondary N) is 1. The molecular formula is C19H27N3O2. The molecule has 1 aliphatic carbocycles. The molecule has 2 aliphatic rings. The van der Waals surface area contributed by atoms with Gasteiger partial charge in [0.2, 0.25) is 11.8 Å². The van der Waals surface area contributed by atoms with Gasteiger partial charge in [-0.25, -0.2) is 0 Å². The maximum atomic E-state index is 12.7. The number of amides is 2. The summed E-state index contributed by atoms with van der Waals surface area (Å²) in [6, 6.07) is 7.62. The van der Waals surface area contributed by atoms with Crippen LogP contribution in [0, 0.1) is 5.92 Å². The van der Waals surface area contributed by atoms with Gasteiger partial charge >= 0.3 is 0 Å². The van der Waals surface area contributed by atoms with E-state index in [1.54, 1.807) is 0 Å². The monoisotopic (exact) mass is 329 g/mol. The Balaban J connectivity index is 1.71. The third-order valence-electron chi connectivity index (χ3n) is 5.52. The highest BCUT2D eigenvalue weighted by Gasteiger charge is 2.45. The van der Waals surface area contributed by atoms with Gasteiger partial charge in [-0.05, 0) is 30.4 Å². The summed E-state index contributed by atoms with van der Waals surface area (Å²) in [7, 11) is 0. The Hall–Kier alpha value is -1.88. The Morgan fingerprint density at radius 2 is 1.92 bits per heavy atom. The maximum absolute atomic E-state index is 12.7. The molecule has 0 radical (unpaired) electrons. The van der Waals surface area contributed by atoms with Gasteiger partial charge in [-0.2, -0.15) is 0 Å². The largest absolute Gasteiger partial charge is 0.346 e. The summed E-state index contributed by atoms with van der Waals surface area (Å²) in [5, 5.41) is 2.70. The van der Waals surface area contributed by atoms with Crippen LogP contribution in [-0.4, -0.2) is 30.9 Å². The molecule has 130 valence electrons. The molecular weight excluding hydrogens is 302 g/mol. The van der Waals surface area contributed by atoms with Crippen molar-refractivity contribution in [2.45, 2.75) is 51.0 Å². The first kappa shape index (κ1) is 17.0. The topological polar surface area (TPSA) is 75.4 Å². The lowest BCUT2D eigenvalue weighted by Crippen LogP contribution is -2.48. The molecule has 1 heterocycles. The molecule has 1 spiro atoms. The lowest BCUT2D eigenvalue weighted by molar-refractivity contribution is -0.126. The standard InChI is InChI=1S/C19H27N3O2/c1-13(2)17(20)18(24)21-11-16(23)22-12-19(9-5-6-10-19)14-7-3-4-8-15(14)22/h3-4,7-8,13,17H,5-6,9-12,20H2,1-2H3,(H,21,24)/t17-/m0/s1. The van der Waals surface area contributed by atoms with Crippen LogP contribution >= 0.6 is 0 Å². The predicted molar refractivity (Wildman–Crippen MR) is 94.8 cm³/mol. The van der Waals surface area contributed by atoms with E-state index in [-0.39, 0.29) is 29.7 Å². The number of carbonyl (C=O) groups excluding carboxylic acids is 2. The average molecular weight is 329 g/mol. The summed E-state index contributed by atoms with van der Waals surface area (Å²) < 4.78 is 0. The maximum Gasteiger partial charge on any atom is 0.246 e. The van der Waals surface area contributed by atoms with Crippen LogP contribution in [0.15, 0.2) is 24.3 Å². The van der Waals surface area contributed by atoms with E-state index in [0.717, 1.165) is 25.1 Å². The number of rotatable bonds is 4. The second-order valence-corrected chi connectivity index (χ2v) is 7.47. The zero-order valence-corrected chi connectivity index (χ0v) is 14.5. The van der Waals surface area contributed by atoms with Crippen molar-refractivity contribution in [1.82, 2.24) is 5.32 Å². The van der Waals surface area contributed by atoms with Crippen LogP contribution in [0.1, 0.15) is 45.1 Å². The molecule has 0 bridgehead atoms. The van der Waals surface area contributed by atoms with Crippen LogP contribution in [0.25, 0.3) is 0 Å². The molecule has 1 atom stereocenters. The average Bonchev–Trinajstić information content (AvgIpc) is 3.18. The number of hydrogen-bond acceptors (Lipinski definition) is 3. The second kappa shape index (κ2) is 6.55. The first-order valence-corrected chi connectivity index (χ1v) is 8.88. The SMILES string of the molecule is CC(C)[C@H](N)C(=O)NCC(=O)N1CC2(CCCC2)c2ccccc21. The van der Waals surface area contributed by atoms with Crippen LogP contribution in [0.5, 0.6) is 0 Å². The Bertz CT molecular complexity index is 635. The Morgan fingerprint density at radius 1 is 1.25 bits per heavy atom. The molecule has 0 aromatic heterocycles. The van der Waals surface area contributed by atoms with Crippen LogP contribution < -0.4 is 16.0 Å². The summed E-state index contributed by atoms with van der Waals surface area (Å²) in [4.78, 5) is 26.6. The van der Waals surface area contributed by atoms with Crippen molar-refractivity contribution >= 4 is 17.5 Å². The smallest absolute Gasteiger partial charge is 0.246 e. The fourth-order valence-corrected chi connectivity index (χ4v) is 4.01. The van der Waals surface area contributed by atoms with Crippen molar-refractivity contribution in [2.75, 3.05) is 18.0 Å². The number of anilines is 1. The summed E-state index contributed by atoms with van der Waals surface area (Å²) in [6.07, 6.45) is 4.71. The molecule has 1 aliphatic heterocycles. The zero-order chi connectivity index (χ0) is 17.3. The van der Waals surface area contributed by atoms with Crippen molar-refractivity contribution < 1.29 is 9.59 Å².